The molecule has 2 heterocycles. The second-order valence-corrected chi connectivity index (χ2v) is 10.9. The lowest BCUT2D eigenvalue weighted by Gasteiger charge is -2.46. The maximum Gasteiger partial charge on any atom is 0.272 e. The Morgan fingerprint density at radius 3 is 2.67 bits per heavy atom. The summed E-state index contributed by atoms with van der Waals surface area (Å²) in [5.74, 6) is 2.07. The van der Waals surface area contributed by atoms with Crippen molar-refractivity contribution in [3.8, 4) is 0 Å². The summed E-state index contributed by atoms with van der Waals surface area (Å²) in [7, 11) is 0. The standard InChI is InChI=1S/C26H35N5O2/c1-16-20-7-6-19(26(20,2)3)12-21(16)30-22-14-29-31(25(33)24(22)18-4-5-18)15-23(32)28-13-17-8-10-27-11-9-17/h8-11,14,16,18-21,30H,4-7,12-13,15H2,1-3H3,(H,28,32)/t16-,19+,20-,21-/m1/s1. The molecular weight excluding hydrogens is 414 g/mol. The lowest BCUT2D eigenvalue weighted by molar-refractivity contribution is -0.122. The maximum absolute atomic E-state index is 13.3. The average Bonchev–Trinajstić information content (AvgIpc) is 3.60. The molecule has 0 radical (unpaired) electrons. The Labute approximate surface area is 195 Å². The highest BCUT2D eigenvalue weighted by Crippen LogP contribution is 2.57. The lowest BCUT2D eigenvalue weighted by atomic mass is 9.62. The van der Waals surface area contributed by atoms with Crippen LogP contribution in [0, 0.1) is 23.2 Å². The largest absolute Gasteiger partial charge is 0.380 e. The number of rotatable bonds is 7. The first kappa shape index (κ1) is 22.1. The predicted octanol–water partition coefficient (Wildman–Crippen LogP) is 3.70. The van der Waals surface area contributed by atoms with Crippen molar-refractivity contribution in [3.63, 3.8) is 0 Å². The van der Waals surface area contributed by atoms with Crippen molar-refractivity contribution in [2.45, 2.75) is 77.9 Å². The van der Waals surface area contributed by atoms with E-state index in [0.717, 1.165) is 47.9 Å². The molecule has 2 aromatic rings. The van der Waals surface area contributed by atoms with Crippen LogP contribution in [0.2, 0.25) is 0 Å². The van der Waals surface area contributed by atoms with Gasteiger partial charge in [-0.1, -0.05) is 20.8 Å². The SMILES string of the molecule is C[C@@H]1[C@H]2CC[C@@H](C[C@H]1Nc1cnn(CC(=O)NCc3ccncc3)c(=O)c1C1CC1)C2(C)C. The van der Waals surface area contributed by atoms with E-state index in [1.165, 1.54) is 17.5 Å². The number of nitrogens with one attached hydrogen (secondary N) is 2. The monoisotopic (exact) mass is 449 g/mol. The van der Waals surface area contributed by atoms with Gasteiger partial charge < -0.3 is 10.6 Å². The minimum absolute atomic E-state index is 0.0674. The Balaban J connectivity index is 1.30. The Kier molecular flexibility index (Phi) is 5.75. The fourth-order valence-electron chi connectivity index (χ4n) is 6.37. The Bertz CT molecular complexity index is 1080. The third-order valence-electron chi connectivity index (χ3n) is 8.58. The molecule has 2 aromatic heterocycles. The van der Waals surface area contributed by atoms with Gasteiger partial charge in [0, 0.05) is 30.5 Å². The molecule has 33 heavy (non-hydrogen) atoms. The number of amides is 1. The van der Waals surface area contributed by atoms with Gasteiger partial charge in [-0.15, -0.1) is 0 Å². The smallest absolute Gasteiger partial charge is 0.272 e. The van der Waals surface area contributed by atoms with E-state index in [1.54, 1.807) is 18.6 Å². The van der Waals surface area contributed by atoms with Crippen molar-refractivity contribution in [3.05, 3.63) is 52.2 Å². The lowest BCUT2D eigenvalue weighted by Crippen LogP contribution is -2.45. The zero-order valence-electron chi connectivity index (χ0n) is 19.9. The summed E-state index contributed by atoms with van der Waals surface area (Å²) < 4.78 is 1.32. The maximum atomic E-state index is 13.3. The van der Waals surface area contributed by atoms with Gasteiger partial charge in [-0.3, -0.25) is 14.6 Å². The second kappa shape index (κ2) is 8.58. The first-order chi connectivity index (χ1) is 15.8. The van der Waals surface area contributed by atoms with Crippen molar-refractivity contribution in [1.82, 2.24) is 20.1 Å². The van der Waals surface area contributed by atoms with Crippen molar-refractivity contribution in [2.75, 3.05) is 5.32 Å². The summed E-state index contributed by atoms with van der Waals surface area (Å²) in [6.45, 7) is 7.57. The molecule has 3 saturated carbocycles. The van der Waals surface area contributed by atoms with Crippen molar-refractivity contribution in [1.29, 1.82) is 0 Å². The summed E-state index contributed by atoms with van der Waals surface area (Å²) in [6.07, 6.45) is 11.0. The quantitative estimate of drug-likeness (QED) is 0.673. The van der Waals surface area contributed by atoms with Crippen molar-refractivity contribution >= 4 is 11.6 Å². The summed E-state index contributed by atoms with van der Waals surface area (Å²) in [4.78, 5) is 29.8. The number of fused-ring (bicyclic) bond motifs is 2. The first-order valence-corrected chi connectivity index (χ1v) is 12.4. The first-order valence-electron chi connectivity index (χ1n) is 12.4. The molecule has 3 aliphatic rings. The Morgan fingerprint density at radius 1 is 1.18 bits per heavy atom. The highest BCUT2D eigenvalue weighted by Gasteiger charge is 2.51. The van der Waals surface area contributed by atoms with E-state index in [1.807, 2.05) is 12.1 Å². The number of hydrogen-bond acceptors (Lipinski definition) is 5. The minimum Gasteiger partial charge on any atom is -0.380 e. The molecule has 7 nitrogen and oxygen atoms in total. The molecule has 0 saturated heterocycles. The van der Waals surface area contributed by atoms with Gasteiger partial charge >= 0.3 is 0 Å². The summed E-state index contributed by atoms with van der Waals surface area (Å²) in [5, 5.41) is 11.0. The number of pyridine rings is 1. The highest BCUT2D eigenvalue weighted by molar-refractivity contribution is 5.75. The van der Waals surface area contributed by atoms with Gasteiger partial charge in [0.1, 0.15) is 6.54 Å². The van der Waals surface area contributed by atoms with Crippen LogP contribution in [0.1, 0.15) is 69.9 Å². The van der Waals surface area contributed by atoms with E-state index >= 15 is 0 Å². The summed E-state index contributed by atoms with van der Waals surface area (Å²) in [6, 6.07) is 4.08. The van der Waals surface area contributed by atoms with Gasteiger partial charge in [0.05, 0.1) is 11.9 Å². The second-order valence-electron chi connectivity index (χ2n) is 10.9. The fraction of sp³-hybridized carbons (Fsp3) is 0.615. The van der Waals surface area contributed by atoms with E-state index in [4.69, 9.17) is 0 Å². The number of carbonyl (C=O) groups is 1. The Hall–Kier alpha value is -2.70. The van der Waals surface area contributed by atoms with Gasteiger partial charge in [0.15, 0.2) is 0 Å². The number of carbonyl (C=O) groups excluding carboxylic acids is 1. The van der Waals surface area contributed by atoms with Gasteiger partial charge in [0.25, 0.3) is 5.56 Å². The molecule has 0 aliphatic heterocycles. The molecule has 3 fully saturated rings. The van der Waals surface area contributed by atoms with Crippen molar-refractivity contribution < 1.29 is 4.79 Å². The normalized spacial score (nSPS) is 27.8. The Morgan fingerprint density at radius 2 is 1.94 bits per heavy atom. The van der Waals surface area contributed by atoms with Crippen LogP contribution >= 0.6 is 0 Å². The van der Waals surface area contributed by atoms with Crippen LogP contribution < -0.4 is 16.2 Å². The zero-order chi connectivity index (χ0) is 23.2. The highest BCUT2D eigenvalue weighted by atomic mass is 16.2. The molecule has 0 aromatic carbocycles. The number of hydrogen-bond donors (Lipinski definition) is 2. The van der Waals surface area contributed by atoms with Crippen LogP contribution in [-0.4, -0.2) is 26.7 Å². The molecule has 0 spiro atoms. The van der Waals surface area contributed by atoms with Crippen molar-refractivity contribution in [2.24, 2.45) is 23.2 Å². The third-order valence-corrected chi connectivity index (χ3v) is 8.58. The van der Waals surface area contributed by atoms with E-state index in [9.17, 15) is 9.59 Å². The number of anilines is 1. The minimum atomic E-state index is -0.219. The number of aromatic nitrogens is 3. The van der Waals surface area contributed by atoms with E-state index in [-0.39, 0.29) is 23.9 Å². The van der Waals surface area contributed by atoms with Crippen LogP contribution in [0.5, 0.6) is 0 Å². The third kappa shape index (κ3) is 4.30. The summed E-state index contributed by atoms with van der Waals surface area (Å²) in [5.41, 5.74) is 2.94. The van der Waals surface area contributed by atoms with E-state index < -0.39 is 0 Å². The molecule has 176 valence electrons. The molecule has 3 aliphatic carbocycles. The fourth-order valence-corrected chi connectivity index (χ4v) is 6.37. The van der Waals surface area contributed by atoms with Crippen LogP contribution in [0.25, 0.3) is 0 Å². The molecule has 2 N–H and O–H groups in total. The molecule has 7 heteroatoms. The number of nitrogens with zero attached hydrogens (tertiary/aromatic N) is 3. The molecule has 4 atom stereocenters. The molecule has 0 unspecified atom stereocenters. The average molecular weight is 450 g/mol. The van der Waals surface area contributed by atoms with Gasteiger partial charge in [0.2, 0.25) is 5.91 Å². The van der Waals surface area contributed by atoms with Gasteiger partial charge in [-0.25, -0.2) is 4.68 Å². The molecular formula is C26H35N5O2. The topological polar surface area (TPSA) is 88.9 Å². The van der Waals surface area contributed by atoms with Crippen LogP contribution in [-0.2, 0) is 17.9 Å². The van der Waals surface area contributed by atoms with Gasteiger partial charge in [-0.2, -0.15) is 5.10 Å². The molecule has 1 amide bonds. The van der Waals surface area contributed by atoms with E-state index in [2.05, 4.69) is 41.5 Å². The van der Waals surface area contributed by atoms with E-state index in [0.29, 0.717) is 23.9 Å². The van der Waals surface area contributed by atoms with Gasteiger partial charge in [-0.05, 0) is 78.9 Å². The predicted molar refractivity (Wildman–Crippen MR) is 128 cm³/mol. The van der Waals surface area contributed by atoms with Crippen LogP contribution in [0.15, 0.2) is 35.5 Å². The molecule has 5 rings (SSSR count). The zero-order valence-corrected chi connectivity index (χ0v) is 19.9. The van der Waals surface area contributed by atoms with Crippen LogP contribution in [0.3, 0.4) is 0 Å². The van der Waals surface area contributed by atoms with Crippen LogP contribution in [0.4, 0.5) is 5.69 Å². The summed E-state index contributed by atoms with van der Waals surface area (Å²) >= 11 is 0. The molecule has 2 bridgehead atoms.